The van der Waals surface area contributed by atoms with E-state index in [0.717, 1.165) is 41.3 Å². The zero-order chi connectivity index (χ0) is 14.2. The second-order valence-corrected chi connectivity index (χ2v) is 5.76. The zero-order valence-electron chi connectivity index (χ0n) is 11.3. The van der Waals surface area contributed by atoms with Crippen LogP contribution >= 0.6 is 0 Å². The molecule has 1 aromatic heterocycles. The van der Waals surface area contributed by atoms with Crippen LogP contribution in [-0.4, -0.2) is 4.98 Å². The van der Waals surface area contributed by atoms with Crippen molar-refractivity contribution in [2.75, 3.05) is 0 Å². The molecule has 0 radical (unpaired) electrons. The van der Waals surface area contributed by atoms with Crippen molar-refractivity contribution in [2.24, 2.45) is 5.92 Å². The fourth-order valence-corrected chi connectivity index (χ4v) is 3.22. The zero-order valence-corrected chi connectivity index (χ0v) is 11.3. The van der Waals surface area contributed by atoms with Gasteiger partial charge in [0.15, 0.2) is 0 Å². The number of nitrogens with one attached hydrogen (secondary N) is 1. The lowest BCUT2D eigenvalue weighted by atomic mass is 9.97. The van der Waals surface area contributed by atoms with Crippen LogP contribution < -0.4 is 0 Å². The SMILES string of the molecule is FC(F)(F)c1ccc2[nH]cc(CCC3CCCC3)c2c1. The number of rotatable bonds is 3. The van der Waals surface area contributed by atoms with Crippen LogP contribution in [0.4, 0.5) is 13.2 Å². The second-order valence-electron chi connectivity index (χ2n) is 5.76. The van der Waals surface area contributed by atoms with Crippen molar-refractivity contribution in [1.82, 2.24) is 4.98 Å². The van der Waals surface area contributed by atoms with Crippen molar-refractivity contribution in [1.29, 1.82) is 0 Å². The Bertz CT molecular complexity index is 591. The van der Waals surface area contributed by atoms with Gasteiger partial charge in [0.2, 0.25) is 0 Å². The number of benzene rings is 1. The van der Waals surface area contributed by atoms with Gasteiger partial charge in [-0.3, -0.25) is 0 Å². The monoisotopic (exact) mass is 281 g/mol. The van der Waals surface area contributed by atoms with Crippen LogP contribution in [-0.2, 0) is 12.6 Å². The Hall–Kier alpha value is -1.45. The Kier molecular flexibility index (Phi) is 3.48. The summed E-state index contributed by atoms with van der Waals surface area (Å²) in [6.45, 7) is 0. The number of fused-ring (bicyclic) bond motifs is 1. The van der Waals surface area contributed by atoms with Crippen LogP contribution in [0.15, 0.2) is 24.4 Å². The first-order valence-corrected chi connectivity index (χ1v) is 7.21. The topological polar surface area (TPSA) is 15.8 Å². The molecule has 1 nitrogen and oxygen atoms in total. The van der Waals surface area contributed by atoms with Crippen molar-refractivity contribution in [3.8, 4) is 0 Å². The van der Waals surface area contributed by atoms with Crippen molar-refractivity contribution in [3.05, 3.63) is 35.5 Å². The van der Waals surface area contributed by atoms with Gasteiger partial charge in [-0.15, -0.1) is 0 Å². The fraction of sp³-hybridized carbons (Fsp3) is 0.500. The lowest BCUT2D eigenvalue weighted by Gasteiger charge is -2.09. The molecular formula is C16H18F3N. The van der Waals surface area contributed by atoms with Gasteiger partial charge < -0.3 is 4.98 Å². The number of hydrogen-bond acceptors (Lipinski definition) is 0. The van der Waals surface area contributed by atoms with Gasteiger partial charge in [-0.25, -0.2) is 0 Å². The van der Waals surface area contributed by atoms with E-state index in [2.05, 4.69) is 4.98 Å². The summed E-state index contributed by atoms with van der Waals surface area (Å²) in [5.41, 5.74) is 1.24. The lowest BCUT2D eigenvalue weighted by Crippen LogP contribution is -2.04. The maximum atomic E-state index is 12.8. The van der Waals surface area contributed by atoms with E-state index in [1.165, 1.54) is 37.8 Å². The molecule has 0 aliphatic heterocycles. The van der Waals surface area contributed by atoms with Gasteiger partial charge in [-0.2, -0.15) is 13.2 Å². The van der Waals surface area contributed by atoms with Crippen LogP contribution in [0.25, 0.3) is 10.9 Å². The standard InChI is InChI=1S/C16H18F3N/c17-16(18,19)13-7-8-15-14(9-13)12(10-20-15)6-5-11-3-1-2-4-11/h7-11,20H,1-6H2. The summed E-state index contributed by atoms with van der Waals surface area (Å²) in [5, 5.41) is 0.720. The van der Waals surface area contributed by atoms with Gasteiger partial charge in [-0.1, -0.05) is 25.7 Å². The van der Waals surface area contributed by atoms with Gasteiger partial charge in [0.25, 0.3) is 0 Å². The number of H-pyrrole nitrogens is 1. The molecular weight excluding hydrogens is 263 g/mol. The molecule has 1 aliphatic rings. The normalized spacial score (nSPS) is 17.1. The molecule has 0 unspecified atom stereocenters. The maximum absolute atomic E-state index is 12.8. The van der Waals surface area contributed by atoms with E-state index >= 15 is 0 Å². The predicted octanol–water partition coefficient (Wildman–Crippen LogP) is 5.31. The quantitative estimate of drug-likeness (QED) is 0.784. The second kappa shape index (κ2) is 5.15. The van der Waals surface area contributed by atoms with E-state index < -0.39 is 11.7 Å². The van der Waals surface area contributed by atoms with Crippen LogP contribution in [0.5, 0.6) is 0 Å². The molecule has 0 spiro atoms. The molecule has 0 amide bonds. The number of hydrogen-bond donors (Lipinski definition) is 1. The molecule has 1 aromatic carbocycles. The van der Waals surface area contributed by atoms with E-state index in [1.807, 2.05) is 6.20 Å². The highest BCUT2D eigenvalue weighted by atomic mass is 19.4. The molecule has 2 aromatic rings. The molecule has 0 atom stereocenters. The Morgan fingerprint density at radius 2 is 1.90 bits per heavy atom. The van der Waals surface area contributed by atoms with Crippen molar-refractivity contribution in [3.63, 3.8) is 0 Å². The highest BCUT2D eigenvalue weighted by molar-refractivity contribution is 5.84. The summed E-state index contributed by atoms with van der Waals surface area (Å²) in [6, 6.07) is 3.94. The Balaban J connectivity index is 1.83. The fourth-order valence-electron chi connectivity index (χ4n) is 3.22. The Morgan fingerprint density at radius 1 is 1.15 bits per heavy atom. The molecule has 1 saturated carbocycles. The van der Waals surface area contributed by atoms with Crippen LogP contribution in [0.3, 0.4) is 0 Å². The van der Waals surface area contributed by atoms with E-state index in [4.69, 9.17) is 0 Å². The molecule has 1 N–H and O–H groups in total. The van der Waals surface area contributed by atoms with E-state index in [1.54, 1.807) is 0 Å². The van der Waals surface area contributed by atoms with E-state index in [9.17, 15) is 13.2 Å². The van der Waals surface area contributed by atoms with Crippen LogP contribution in [0, 0.1) is 5.92 Å². The highest BCUT2D eigenvalue weighted by Gasteiger charge is 2.30. The van der Waals surface area contributed by atoms with Crippen molar-refractivity contribution >= 4 is 10.9 Å². The van der Waals surface area contributed by atoms with Gasteiger partial charge in [-0.05, 0) is 42.5 Å². The summed E-state index contributed by atoms with van der Waals surface area (Å²) in [4.78, 5) is 3.07. The smallest absolute Gasteiger partial charge is 0.361 e. The minimum absolute atomic E-state index is 0.563. The first kappa shape index (κ1) is 13.5. The molecule has 3 rings (SSSR count). The first-order chi connectivity index (χ1) is 9.54. The van der Waals surface area contributed by atoms with Crippen LogP contribution in [0.1, 0.15) is 43.2 Å². The number of alkyl halides is 3. The lowest BCUT2D eigenvalue weighted by molar-refractivity contribution is -0.137. The maximum Gasteiger partial charge on any atom is 0.416 e. The third kappa shape index (κ3) is 2.69. The minimum Gasteiger partial charge on any atom is -0.361 e. The molecule has 1 fully saturated rings. The van der Waals surface area contributed by atoms with Gasteiger partial charge in [0, 0.05) is 17.1 Å². The van der Waals surface area contributed by atoms with E-state index in [-0.39, 0.29) is 0 Å². The predicted molar refractivity (Wildman–Crippen MR) is 73.6 cm³/mol. The average Bonchev–Trinajstić information content (AvgIpc) is 3.04. The summed E-state index contributed by atoms with van der Waals surface area (Å²) in [7, 11) is 0. The third-order valence-electron chi connectivity index (χ3n) is 4.39. The Labute approximate surface area is 116 Å². The molecule has 108 valence electrons. The molecule has 0 saturated heterocycles. The van der Waals surface area contributed by atoms with Gasteiger partial charge in [0.1, 0.15) is 0 Å². The minimum atomic E-state index is -4.27. The largest absolute Gasteiger partial charge is 0.416 e. The number of aromatic nitrogens is 1. The molecule has 0 bridgehead atoms. The summed E-state index contributed by atoms with van der Waals surface area (Å²) < 4.78 is 38.3. The number of halogens is 3. The molecule has 1 aliphatic carbocycles. The summed E-state index contributed by atoms with van der Waals surface area (Å²) in [5.74, 6) is 0.755. The van der Waals surface area contributed by atoms with Crippen LogP contribution in [0.2, 0.25) is 0 Å². The first-order valence-electron chi connectivity index (χ1n) is 7.21. The van der Waals surface area contributed by atoms with Crippen molar-refractivity contribution < 1.29 is 13.2 Å². The average molecular weight is 281 g/mol. The molecule has 20 heavy (non-hydrogen) atoms. The summed E-state index contributed by atoms with van der Waals surface area (Å²) >= 11 is 0. The summed E-state index contributed by atoms with van der Waals surface area (Å²) in [6.07, 6.45) is 4.70. The van der Waals surface area contributed by atoms with Gasteiger partial charge >= 0.3 is 6.18 Å². The molecule has 4 heteroatoms. The third-order valence-corrected chi connectivity index (χ3v) is 4.39. The molecule has 1 heterocycles. The highest BCUT2D eigenvalue weighted by Crippen LogP contribution is 2.34. The number of aryl methyl sites for hydroxylation is 1. The van der Waals surface area contributed by atoms with Gasteiger partial charge in [0.05, 0.1) is 5.56 Å². The van der Waals surface area contributed by atoms with E-state index in [0.29, 0.717) is 0 Å². The number of aromatic amines is 1. The van der Waals surface area contributed by atoms with Crippen molar-refractivity contribution in [2.45, 2.75) is 44.7 Å². The Morgan fingerprint density at radius 3 is 2.60 bits per heavy atom.